The number of hydrogen-bond acceptors (Lipinski definition) is 3. The smallest absolute Gasteiger partial charge is 0.252 e. The van der Waals surface area contributed by atoms with Gasteiger partial charge in [-0.15, -0.1) is 11.3 Å². The van der Waals surface area contributed by atoms with E-state index in [4.69, 9.17) is 23.2 Å². The molecule has 1 heterocycles. The molecule has 19 heavy (non-hydrogen) atoms. The van der Waals surface area contributed by atoms with E-state index in [9.17, 15) is 4.79 Å². The number of benzene rings is 1. The molecule has 0 bridgehead atoms. The summed E-state index contributed by atoms with van der Waals surface area (Å²) in [6.45, 7) is 0.659. The minimum atomic E-state index is -0.201. The summed E-state index contributed by atoms with van der Waals surface area (Å²) in [5, 5.41) is 6.23. The average Bonchev–Trinajstić information content (AvgIpc) is 2.83. The highest BCUT2D eigenvalue weighted by molar-refractivity contribution is 7.16. The summed E-state index contributed by atoms with van der Waals surface area (Å²) in [5.74, 6) is -0.201. The van der Waals surface area contributed by atoms with E-state index in [1.807, 2.05) is 18.2 Å². The van der Waals surface area contributed by atoms with Crippen LogP contribution >= 0.6 is 34.5 Å². The average molecular weight is 315 g/mol. The molecule has 0 unspecified atom stereocenters. The third-order valence-electron chi connectivity index (χ3n) is 2.53. The Morgan fingerprint density at radius 2 is 2.05 bits per heavy atom. The summed E-state index contributed by atoms with van der Waals surface area (Å²) in [4.78, 5) is 12.8. The molecule has 1 amide bonds. The molecule has 0 fully saturated rings. The van der Waals surface area contributed by atoms with Crippen molar-refractivity contribution < 1.29 is 4.79 Å². The van der Waals surface area contributed by atoms with Gasteiger partial charge in [0.1, 0.15) is 0 Å². The molecule has 0 radical (unpaired) electrons. The number of carbonyl (C=O) groups excluding carboxylic acids is 1. The van der Waals surface area contributed by atoms with Crippen LogP contribution in [0.25, 0.3) is 0 Å². The molecule has 6 heteroatoms. The van der Waals surface area contributed by atoms with Gasteiger partial charge in [-0.3, -0.25) is 4.79 Å². The lowest BCUT2D eigenvalue weighted by atomic mass is 10.2. The Kier molecular flexibility index (Phi) is 4.69. The highest BCUT2D eigenvalue weighted by atomic mass is 35.5. The summed E-state index contributed by atoms with van der Waals surface area (Å²) in [6.07, 6.45) is 0. The fourth-order valence-corrected chi connectivity index (χ4v) is 2.81. The van der Waals surface area contributed by atoms with Gasteiger partial charge < -0.3 is 10.6 Å². The molecule has 2 N–H and O–H groups in total. The maximum atomic E-state index is 11.6. The van der Waals surface area contributed by atoms with Crippen LogP contribution in [0.1, 0.15) is 15.2 Å². The molecule has 2 aromatic rings. The van der Waals surface area contributed by atoms with Gasteiger partial charge in [-0.2, -0.15) is 0 Å². The van der Waals surface area contributed by atoms with Crippen molar-refractivity contribution in [3.05, 3.63) is 50.1 Å². The van der Waals surface area contributed by atoms with Crippen LogP contribution in [-0.4, -0.2) is 13.0 Å². The molecule has 0 aliphatic rings. The van der Waals surface area contributed by atoms with E-state index in [0.29, 0.717) is 17.1 Å². The highest BCUT2D eigenvalue weighted by Crippen LogP contribution is 2.24. The Hall–Kier alpha value is -1.23. The van der Waals surface area contributed by atoms with Crippen molar-refractivity contribution in [3.8, 4) is 0 Å². The van der Waals surface area contributed by atoms with Gasteiger partial charge >= 0.3 is 0 Å². The number of thiophene rings is 1. The largest absolute Gasteiger partial charge is 0.380 e. The van der Waals surface area contributed by atoms with E-state index >= 15 is 0 Å². The fourth-order valence-electron chi connectivity index (χ4n) is 1.58. The third-order valence-corrected chi connectivity index (χ3v) is 4.09. The Bertz CT molecular complexity index is 598. The minimum Gasteiger partial charge on any atom is -0.380 e. The quantitative estimate of drug-likeness (QED) is 0.894. The van der Waals surface area contributed by atoms with Crippen molar-refractivity contribution in [1.82, 2.24) is 5.32 Å². The Morgan fingerprint density at radius 3 is 2.68 bits per heavy atom. The van der Waals surface area contributed by atoms with Gasteiger partial charge in [0.2, 0.25) is 0 Å². The number of nitrogens with one attached hydrogen (secondary N) is 2. The second kappa shape index (κ2) is 6.28. The van der Waals surface area contributed by atoms with Crippen molar-refractivity contribution in [2.45, 2.75) is 6.54 Å². The lowest BCUT2D eigenvalue weighted by molar-refractivity contribution is 0.0963. The van der Waals surface area contributed by atoms with Gasteiger partial charge in [0.25, 0.3) is 5.91 Å². The van der Waals surface area contributed by atoms with E-state index in [-0.39, 0.29) is 5.91 Å². The first-order valence-corrected chi connectivity index (χ1v) is 7.17. The maximum Gasteiger partial charge on any atom is 0.252 e. The molecule has 0 saturated heterocycles. The number of hydrogen-bond donors (Lipinski definition) is 2. The molecular weight excluding hydrogens is 303 g/mol. The van der Waals surface area contributed by atoms with E-state index in [1.165, 1.54) is 11.3 Å². The molecule has 0 aliphatic carbocycles. The summed E-state index contributed by atoms with van der Waals surface area (Å²) >= 11 is 13.4. The number of anilines is 1. The van der Waals surface area contributed by atoms with Gasteiger partial charge in [-0.1, -0.05) is 23.2 Å². The minimum absolute atomic E-state index is 0.201. The van der Waals surface area contributed by atoms with Crippen molar-refractivity contribution in [2.75, 3.05) is 12.4 Å². The lowest BCUT2D eigenvalue weighted by Crippen LogP contribution is -2.18. The van der Waals surface area contributed by atoms with Gasteiger partial charge in [-0.05, 0) is 30.3 Å². The SMILES string of the molecule is CNC(=O)c1cc(NCc2ccc(Cl)s2)ccc1Cl. The fraction of sp³-hybridized carbons (Fsp3) is 0.154. The zero-order valence-electron chi connectivity index (χ0n) is 10.2. The maximum absolute atomic E-state index is 11.6. The van der Waals surface area contributed by atoms with Gasteiger partial charge in [0.15, 0.2) is 0 Å². The topological polar surface area (TPSA) is 41.1 Å². The lowest BCUT2D eigenvalue weighted by Gasteiger charge is -2.08. The van der Waals surface area contributed by atoms with E-state index in [2.05, 4.69) is 10.6 Å². The van der Waals surface area contributed by atoms with E-state index < -0.39 is 0 Å². The van der Waals surface area contributed by atoms with Gasteiger partial charge in [0, 0.05) is 24.2 Å². The van der Waals surface area contributed by atoms with Crippen LogP contribution in [0.3, 0.4) is 0 Å². The third kappa shape index (κ3) is 3.62. The van der Waals surface area contributed by atoms with Gasteiger partial charge in [-0.25, -0.2) is 0 Å². The number of carbonyl (C=O) groups is 1. The monoisotopic (exact) mass is 314 g/mol. The van der Waals surface area contributed by atoms with Crippen molar-refractivity contribution in [1.29, 1.82) is 0 Å². The molecule has 1 aromatic carbocycles. The molecule has 1 aromatic heterocycles. The van der Waals surface area contributed by atoms with Crippen LogP contribution in [0.15, 0.2) is 30.3 Å². The molecule has 2 rings (SSSR count). The summed E-state index contributed by atoms with van der Waals surface area (Å²) in [6, 6.07) is 9.10. The first-order chi connectivity index (χ1) is 9.10. The number of amides is 1. The molecule has 100 valence electrons. The van der Waals surface area contributed by atoms with Crippen molar-refractivity contribution in [3.63, 3.8) is 0 Å². The molecule has 0 aliphatic heterocycles. The molecule has 0 saturated carbocycles. The predicted octanol–water partition coefficient (Wildman–Crippen LogP) is 4.03. The second-order valence-electron chi connectivity index (χ2n) is 3.83. The number of halogens is 2. The predicted molar refractivity (Wildman–Crippen MR) is 81.5 cm³/mol. The Morgan fingerprint density at radius 1 is 1.26 bits per heavy atom. The van der Waals surface area contributed by atoms with Crippen molar-refractivity contribution >= 4 is 46.1 Å². The summed E-state index contributed by atoms with van der Waals surface area (Å²) in [7, 11) is 1.58. The van der Waals surface area contributed by atoms with Crippen molar-refractivity contribution in [2.24, 2.45) is 0 Å². The standard InChI is InChI=1S/C13H12Cl2N2OS/c1-16-13(18)10-6-8(2-4-11(10)14)17-7-9-3-5-12(15)19-9/h2-6,17H,7H2,1H3,(H,16,18). The highest BCUT2D eigenvalue weighted by Gasteiger charge is 2.09. The van der Waals surface area contributed by atoms with Crippen LogP contribution in [0.4, 0.5) is 5.69 Å². The van der Waals surface area contributed by atoms with Crippen LogP contribution in [0, 0.1) is 0 Å². The normalized spacial score (nSPS) is 10.3. The van der Waals surface area contributed by atoms with Crippen LogP contribution < -0.4 is 10.6 Å². The zero-order valence-corrected chi connectivity index (χ0v) is 12.5. The van der Waals surface area contributed by atoms with Crippen LogP contribution in [-0.2, 0) is 6.54 Å². The summed E-state index contributed by atoms with van der Waals surface area (Å²) in [5.41, 5.74) is 1.30. The zero-order chi connectivity index (χ0) is 13.8. The van der Waals surface area contributed by atoms with Crippen LogP contribution in [0.5, 0.6) is 0 Å². The first-order valence-electron chi connectivity index (χ1n) is 5.60. The second-order valence-corrected chi connectivity index (χ2v) is 6.04. The van der Waals surface area contributed by atoms with Crippen LogP contribution in [0.2, 0.25) is 9.36 Å². The Labute approximate surface area is 125 Å². The Balaban J connectivity index is 2.10. The molecule has 0 atom stereocenters. The summed E-state index contributed by atoms with van der Waals surface area (Å²) < 4.78 is 0.763. The molecule has 3 nitrogen and oxygen atoms in total. The van der Waals surface area contributed by atoms with E-state index in [0.717, 1.165) is 14.9 Å². The number of rotatable bonds is 4. The van der Waals surface area contributed by atoms with Gasteiger partial charge in [0.05, 0.1) is 14.9 Å². The first kappa shape index (κ1) is 14.2. The molecule has 0 spiro atoms. The molecular formula is C13H12Cl2N2OS. The van der Waals surface area contributed by atoms with E-state index in [1.54, 1.807) is 19.2 Å².